The molecule has 0 fully saturated rings. The van der Waals surface area contributed by atoms with Crippen LogP contribution >= 0.6 is 23.5 Å². The van der Waals surface area contributed by atoms with Crippen LogP contribution in [-0.2, 0) is 9.53 Å². The Kier molecular flexibility index (Phi) is 5.97. The molecule has 0 amide bonds. The highest BCUT2D eigenvalue weighted by molar-refractivity contribution is 8.13. The number of rotatable bonds is 4. The molecule has 0 aromatic heterocycles. The van der Waals surface area contributed by atoms with Gasteiger partial charge >= 0.3 is 5.97 Å². The number of carbonyl (C=O) groups excluding carboxylic acids is 1. The van der Waals surface area contributed by atoms with Crippen molar-refractivity contribution in [2.24, 2.45) is 4.99 Å². The zero-order valence-corrected chi connectivity index (χ0v) is 14.8. The lowest BCUT2D eigenvalue weighted by atomic mass is 9.96. The van der Waals surface area contributed by atoms with Gasteiger partial charge in [-0.1, -0.05) is 30.0 Å². The third kappa shape index (κ3) is 3.50. The first kappa shape index (κ1) is 17.0. The lowest BCUT2D eigenvalue weighted by molar-refractivity contribution is -0.138. The van der Waals surface area contributed by atoms with Crippen LogP contribution in [0.15, 0.2) is 45.4 Å². The van der Waals surface area contributed by atoms with Crippen molar-refractivity contribution < 1.29 is 9.53 Å². The summed E-state index contributed by atoms with van der Waals surface area (Å²) in [6, 6.07) is 7.72. The number of hydrogen-bond acceptors (Lipinski definition) is 6. The number of carbonyl (C=O) groups is 1. The van der Waals surface area contributed by atoms with Gasteiger partial charge in [-0.05, 0) is 38.0 Å². The van der Waals surface area contributed by atoms with Gasteiger partial charge in [0.15, 0.2) is 5.17 Å². The summed E-state index contributed by atoms with van der Waals surface area (Å²) in [5.74, 6) is -0.308. The molecule has 1 aliphatic rings. The number of esters is 1. The van der Waals surface area contributed by atoms with Crippen LogP contribution < -0.4 is 5.32 Å². The predicted octanol–water partition coefficient (Wildman–Crippen LogP) is 3.61. The van der Waals surface area contributed by atoms with Crippen molar-refractivity contribution >= 4 is 34.7 Å². The van der Waals surface area contributed by atoms with Gasteiger partial charge in [-0.25, -0.2) is 9.79 Å². The maximum Gasteiger partial charge on any atom is 0.338 e. The number of amidine groups is 1. The molecule has 4 nitrogen and oxygen atoms in total. The molecule has 0 radical (unpaired) electrons. The predicted molar refractivity (Wildman–Crippen MR) is 94.4 cm³/mol. The van der Waals surface area contributed by atoms with Gasteiger partial charge in [0.1, 0.15) is 6.04 Å². The lowest BCUT2D eigenvalue weighted by Crippen LogP contribution is -2.30. The zero-order valence-electron chi connectivity index (χ0n) is 13.2. The summed E-state index contributed by atoms with van der Waals surface area (Å²) in [4.78, 5) is 18.2. The standard InChI is InChI=1S/C16H20N2O2S2/c1-5-20-15(19)13-10(2)17-16(22-4)18-14(13)11-8-6-7-9-12(11)21-3/h6-9,14H,5H2,1-4H3,(H,17,18). The minimum atomic E-state index is -0.327. The molecule has 22 heavy (non-hydrogen) atoms. The number of allylic oxidation sites excluding steroid dienone is 1. The molecule has 0 saturated carbocycles. The van der Waals surface area contributed by atoms with E-state index in [-0.39, 0.29) is 12.0 Å². The Morgan fingerprint density at radius 1 is 1.32 bits per heavy atom. The lowest BCUT2D eigenvalue weighted by Gasteiger charge is -2.26. The molecule has 0 bridgehead atoms. The molecule has 6 heteroatoms. The van der Waals surface area contributed by atoms with Crippen LogP contribution in [0.1, 0.15) is 25.5 Å². The van der Waals surface area contributed by atoms with Gasteiger partial charge < -0.3 is 10.1 Å². The fourth-order valence-corrected chi connectivity index (χ4v) is 3.44. The number of thioether (sulfide) groups is 2. The maximum absolute atomic E-state index is 12.4. The monoisotopic (exact) mass is 336 g/mol. The van der Waals surface area contributed by atoms with E-state index < -0.39 is 0 Å². The maximum atomic E-state index is 12.4. The molecule has 1 aromatic rings. The minimum absolute atomic E-state index is 0.308. The number of ether oxygens (including phenoxy) is 1. The molecular formula is C16H20N2O2S2. The van der Waals surface area contributed by atoms with E-state index in [4.69, 9.17) is 9.73 Å². The van der Waals surface area contributed by atoms with Gasteiger partial charge in [0.25, 0.3) is 0 Å². The molecule has 118 valence electrons. The summed E-state index contributed by atoms with van der Waals surface area (Å²) in [6.07, 6.45) is 3.99. The molecule has 1 aromatic carbocycles. The van der Waals surface area contributed by atoms with Crippen LogP contribution in [-0.4, -0.2) is 30.3 Å². The zero-order chi connectivity index (χ0) is 16.1. The van der Waals surface area contributed by atoms with Crippen LogP contribution in [0.4, 0.5) is 0 Å². The second-order valence-corrected chi connectivity index (χ2v) is 6.31. The van der Waals surface area contributed by atoms with Crippen molar-refractivity contribution in [1.82, 2.24) is 5.32 Å². The first-order valence-corrected chi connectivity index (χ1v) is 9.46. The van der Waals surface area contributed by atoms with Gasteiger partial charge in [0, 0.05) is 10.6 Å². The van der Waals surface area contributed by atoms with Crippen molar-refractivity contribution in [3.8, 4) is 0 Å². The van der Waals surface area contributed by atoms with Crippen molar-refractivity contribution in [3.05, 3.63) is 41.1 Å². The van der Waals surface area contributed by atoms with E-state index in [2.05, 4.69) is 11.4 Å². The summed E-state index contributed by atoms with van der Waals surface area (Å²) in [6.45, 7) is 4.06. The Balaban J connectivity index is 2.52. The molecule has 1 atom stereocenters. The van der Waals surface area contributed by atoms with Crippen LogP contribution in [0.2, 0.25) is 0 Å². The van der Waals surface area contributed by atoms with E-state index in [1.807, 2.05) is 44.6 Å². The third-order valence-corrected chi connectivity index (χ3v) is 4.75. The highest BCUT2D eigenvalue weighted by atomic mass is 32.2. The first-order chi connectivity index (χ1) is 10.6. The summed E-state index contributed by atoms with van der Waals surface area (Å²) in [5, 5.41) is 3.99. The number of aliphatic imine (C=N–C) groups is 1. The molecule has 1 aliphatic heterocycles. The van der Waals surface area contributed by atoms with Crippen molar-refractivity contribution in [3.63, 3.8) is 0 Å². The SMILES string of the molecule is CCOC(=O)C1=C(C)NC(SC)=NC1c1ccccc1SC. The molecule has 0 aliphatic carbocycles. The number of benzene rings is 1. The largest absolute Gasteiger partial charge is 0.463 e. The molecule has 1 heterocycles. The quantitative estimate of drug-likeness (QED) is 0.672. The van der Waals surface area contributed by atoms with Gasteiger partial charge in [0.2, 0.25) is 0 Å². The van der Waals surface area contributed by atoms with E-state index in [0.717, 1.165) is 21.3 Å². The van der Waals surface area contributed by atoms with E-state index in [1.165, 1.54) is 11.8 Å². The van der Waals surface area contributed by atoms with Crippen molar-refractivity contribution in [2.45, 2.75) is 24.8 Å². The Morgan fingerprint density at radius 2 is 2.05 bits per heavy atom. The Hall–Kier alpha value is -1.40. The van der Waals surface area contributed by atoms with E-state index >= 15 is 0 Å². The third-order valence-electron chi connectivity index (χ3n) is 3.34. The molecule has 0 saturated heterocycles. The van der Waals surface area contributed by atoms with Gasteiger partial charge in [-0.3, -0.25) is 0 Å². The average Bonchev–Trinajstić information content (AvgIpc) is 2.54. The van der Waals surface area contributed by atoms with Gasteiger partial charge in [0.05, 0.1) is 12.2 Å². The molecule has 1 N–H and O–H groups in total. The average molecular weight is 336 g/mol. The van der Waals surface area contributed by atoms with Crippen LogP contribution in [0, 0.1) is 0 Å². The fourth-order valence-electron chi connectivity index (χ4n) is 2.34. The smallest absolute Gasteiger partial charge is 0.338 e. The Morgan fingerprint density at radius 3 is 2.68 bits per heavy atom. The van der Waals surface area contributed by atoms with Gasteiger partial charge in [-0.15, -0.1) is 11.8 Å². The second kappa shape index (κ2) is 7.74. The number of hydrogen-bond donors (Lipinski definition) is 1. The van der Waals surface area contributed by atoms with Crippen molar-refractivity contribution in [1.29, 1.82) is 0 Å². The normalized spacial score (nSPS) is 17.8. The first-order valence-electron chi connectivity index (χ1n) is 7.02. The topological polar surface area (TPSA) is 50.7 Å². The van der Waals surface area contributed by atoms with Gasteiger partial charge in [-0.2, -0.15) is 0 Å². The summed E-state index contributed by atoms with van der Waals surface area (Å²) in [5.41, 5.74) is 2.42. The van der Waals surface area contributed by atoms with E-state index in [0.29, 0.717) is 12.2 Å². The van der Waals surface area contributed by atoms with E-state index in [9.17, 15) is 4.79 Å². The van der Waals surface area contributed by atoms with Crippen LogP contribution in [0.5, 0.6) is 0 Å². The molecule has 1 unspecified atom stereocenters. The Bertz CT molecular complexity index is 626. The van der Waals surface area contributed by atoms with E-state index in [1.54, 1.807) is 11.8 Å². The summed E-state index contributed by atoms with van der Waals surface area (Å²) in [7, 11) is 0. The highest BCUT2D eigenvalue weighted by Gasteiger charge is 2.31. The summed E-state index contributed by atoms with van der Waals surface area (Å²) >= 11 is 3.19. The summed E-state index contributed by atoms with van der Waals surface area (Å²) < 4.78 is 5.23. The molecule has 2 rings (SSSR count). The fraction of sp³-hybridized carbons (Fsp3) is 0.375. The molecule has 0 spiro atoms. The Labute approximate surface area is 139 Å². The number of nitrogens with one attached hydrogen (secondary N) is 1. The number of nitrogens with zero attached hydrogens (tertiary/aromatic N) is 1. The van der Waals surface area contributed by atoms with Crippen molar-refractivity contribution in [2.75, 3.05) is 19.1 Å². The minimum Gasteiger partial charge on any atom is -0.463 e. The van der Waals surface area contributed by atoms with Crippen LogP contribution in [0.3, 0.4) is 0 Å². The highest BCUT2D eigenvalue weighted by Crippen LogP contribution is 2.37. The molecular weight excluding hydrogens is 316 g/mol. The van der Waals surface area contributed by atoms with Crippen LogP contribution in [0.25, 0.3) is 0 Å². The second-order valence-electron chi connectivity index (χ2n) is 4.67.